The van der Waals surface area contributed by atoms with Gasteiger partial charge >= 0.3 is 0 Å². The topological polar surface area (TPSA) is 74.2 Å². The van der Waals surface area contributed by atoms with E-state index in [0.29, 0.717) is 33.7 Å². The lowest BCUT2D eigenvalue weighted by molar-refractivity contribution is 0.0478. The van der Waals surface area contributed by atoms with Crippen LogP contribution >= 0.6 is 23.2 Å². The number of nitrogen functional groups attached to an aromatic ring is 1. The van der Waals surface area contributed by atoms with Crippen LogP contribution in [0.1, 0.15) is 38.6 Å². The van der Waals surface area contributed by atoms with Crippen molar-refractivity contribution in [3.8, 4) is 11.5 Å². The summed E-state index contributed by atoms with van der Waals surface area (Å²) >= 11 is 12.2. The van der Waals surface area contributed by atoms with Gasteiger partial charge in [0, 0.05) is 6.61 Å². The summed E-state index contributed by atoms with van der Waals surface area (Å²) in [7, 11) is 0. The number of halogens is 2. The molecule has 114 valence electrons. The first-order chi connectivity index (χ1) is 10.1. The van der Waals surface area contributed by atoms with Crippen molar-refractivity contribution in [2.24, 2.45) is 0 Å². The Bertz CT molecular complexity index is 610. The third-order valence-electron chi connectivity index (χ3n) is 3.00. The van der Waals surface area contributed by atoms with E-state index in [0.717, 1.165) is 12.8 Å². The minimum absolute atomic E-state index is 0.198. The summed E-state index contributed by atoms with van der Waals surface area (Å²) in [6.07, 6.45) is 1.57. The van der Waals surface area contributed by atoms with E-state index in [4.69, 9.17) is 38.2 Å². The van der Waals surface area contributed by atoms with Gasteiger partial charge in [0.1, 0.15) is 6.10 Å². The number of ether oxygens (including phenoxy) is 1. The molecule has 2 rings (SSSR count). The van der Waals surface area contributed by atoms with Crippen molar-refractivity contribution in [1.29, 1.82) is 0 Å². The zero-order valence-electron chi connectivity index (χ0n) is 11.9. The van der Waals surface area contributed by atoms with Gasteiger partial charge in [-0.3, -0.25) is 0 Å². The number of rotatable bonds is 6. The summed E-state index contributed by atoms with van der Waals surface area (Å²) in [5.41, 5.74) is 6.72. The summed E-state index contributed by atoms with van der Waals surface area (Å²) in [6, 6.07) is 3.27. The van der Waals surface area contributed by atoms with Gasteiger partial charge < -0.3 is 15.0 Å². The second kappa shape index (κ2) is 7.11. The molecule has 7 heteroatoms. The Kier molecular flexibility index (Phi) is 5.45. The molecular formula is C14H17Cl2N3O2. The molecule has 0 radical (unpaired) electrons. The van der Waals surface area contributed by atoms with E-state index in [9.17, 15) is 0 Å². The molecule has 5 nitrogen and oxygen atoms in total. The van der Waals surface area contributed by atoms with Crippen molar-refractivity contribution >= 4 is 28.9 Å². The van der Waals surface area contributed by atoms with E-state index in [1.54, 1.807) is 12.1 Å². The lowest BCUT2D eigenvalue weighted by Gasteiger charge is -2.11. The Hall–Kier alpha value is -1.30. The molecule has 0 spiro atoms. The molecule has 21 heavy (non-hydrogen) atoms. The van der Waals surface area contributed by atoms with Crippen molar-refractivity contribution in [3.05, 3.63) is 28.0 Å². The van der Waals surface area contributed by atoms with Crippen molar-refractivity contribution in [3.63, 3.8) is 0 Å². The SMILES string of the molecule is CCCC(OCC)c1noc(-c2c(Cl)ccc(Cl)c2N)n1. The largest absolute Gasteiger partial charge is 0.397 e. The van der Waals surface area contributed by atoms with Crippen LogP contribution in [0, 0.1) is 0 Å². The van der Waals surface area contributed by atoms with Gasteiger partial charge in [-0.15, -0.1) is 0 Å². The van der Waals surface area contributed by atoms with Crippen LogP contribution < -0.4 is 5.73 Å². The lowest BCUT2D eigenvalue weighted by Crippen LogP contribution is -2.06. The van der Waals surface area contributed by atoms with Gasteiger partial charge in [0.05, 0.1) is 21.3 Å². The molecule has 1 atom stereocenters. The van der Waals surface area contributed by atoms with Gasteiger partial charge in [-0.25, -0.2) is 0 Å². The maximum absolute atomic E-state index is 6.15. The molecule has 2 aromatic rings. The molecule has 1 aromatic carbocycles. The summed E-state index contributed by atoms with van der Waals surface area (Å²) in [4.78, 5) is 4.35. The molecule has 0 aliphatic heterocycles. The first-order valence-electron chi connectivity index (χ1n) is 6.77. The molecule has 0 saturated heterocycles. The molecule has 0 bridgehead atoms. The normalized spacial score (nSPS) is 12.6. The quantitative estimate of drug-likeness (QED) is 0.789. The zero-order chi connectivity index (χ0) is 15.4. The van der Waals surface area contributed by atoms with Crippen molar-refractivity contribution < 1.29 is 9.26 Å². The minimum atomic E-state index is -0.198. The Labute approximate surface area is 133 Å². The lowest BCUT2D eigenvalue weighted by atomic mass is 10.1. The second-order valence-electron chi connectivity index (χ2n) is 4.51. The standard InChI is InChI=1S/C14H17Cl2N3O2/c1-3-5-10(20-4-2)13-18-14(21-19-13)11-8(15)6-7-9(16)12(11)17/h6-7,10H,3-5,17H2,1-2H3. The molecule has 1 unspecified atom stereocenters. The van der Waals surface area contributed by atoms with Crippen LogP contribution in [0.2, 0.25) is 10.0 Å². The van der Waals surface area contributed by atoms with E-state index in [1.807, 2.05) is 6.92 Å². The molecular weight excluding hydrogens is 313 g/mol. The van der Waals surface area contributed by atoms with Gasteiger partial charge in [-0.1, -0.05) is 41.7 Å². The summed E-state index contributed by atoms with van der Waals surface area (Å²) in [6.45, 7) is 4.57. The van der Waals surface area contributed by atoms with Crippen LogP contribution in [0.5, 0.6) is 0 Å². The number of aromatic nitrogens is 2. The van der Waals surface area contributed by atoms with Crippen LogP contribution in [0.25, 0.3) is 11.5 Å². The molecule has 1 aromatic heterocycles. The van der Waals surface area contributed by atoms with Gasteiger partial charge in [0.25, 0.3) is 5.89 Å². The average molecular weight is 330 g/mol. The minimum Gasteiger partial charge on any atom is -0.397 e. The predicted molar refractivity (Wildman–Crippen MR) is 83.4 cm³/mol. The van der Waals surface area contributed by atoms with Crippen LogP contribution in [0.4, 0.5) is 5.69 Å². The summed E-state index contributed by atoms with van der Waals surface area (Å²) < 4.78 is 10.9. The van der Waals surface area contributed by atoms with Gasteiger partial charge in [-0.2, -0.15) is 4.98 Å². The van der Waals surface area contributed by atoms with Crippen LogP contribution in [-0.4, -0.2) is 16.7 Å². The van der Waals surface area contributed by atoms with E-state index in [1.165, 1.54) is 0 Å². The van der Waals surface area contributed by atoms with Gasteiger partial charge in [0.15, 0.2) is 0 Å². The third kappa shape index (κ3) is 3.48. The van der Waals surface area contributed by atoms with E-state index < -0.39 is 0 Å². The Balaban J connectivity index is 2.38. The highest BCUT2D eigenvalue weighted by molar-refractivity contribution is 6.37. The molecule has 2 N–H and O–H groups in total. The second-order valence-corrected chi connectivity index (χ2v) is 5.32. The summed E-state index contributed by atoms with van der Waals surface area (Å²) in [5.74, 6) is 0.736. The number of nitrogens with two attached hydrogens (primary N) is 1. The first-order valence-corrected chi connectivity index (χ1v) is 7.53. The zero-order valence-corrected chi connectivity index (χ0v) is 13.4. The molecule has 0 aliphatic carbocycles. The van der Waals surface area contributed by atoms with Crippen LogP contribution in [0.15, 0.2) is 16.7 Å². The average Bonchev–Trinajstić information content (AvgIpc) is 2.93. The van der Waals surface area contributed by atoms with Crippen LogP contribution in [-0.2, 0) is 4.74 Å². The Morgan fingerprint density at radius 2 is 2.00 bits per heavy atom. The first kappa shape index (κ1) is 16.1. The fourth-order valence-corrected chi connectivity index (χ4v) is 2.41. The molecule has 0 saturated carbocycles. The Morgan fingerprint density at radius 3 is 2.67 bits per heavy atom. The predicted octanol–water partition coefficient (Wildman–Crippen LogP) is 4.50. The fourth-order valence-electron chi connectivity index (χ4n) is 2.00. The van der Waals surface area contributed by atoms with Crippen LogP contribution in [0.3, 0.4) is 0 Å². The van der Waals surface area contributed by atoms with E-state index in [-0.39, 0.29) is 12.0 Å². The number of benzene rings is 1. The van der Waals surface area contributed by atoms with Gasteiger partial charge in [0.2, 0.25) is 5.82 Å². The molecule has 0 aliphatic rings. The smallest absolute Gasteiger partial charge is 0.261 e. The number of anilines is 1. The molecule has 0 amide bonds. The molecule has 0 fully saturated rings. The van der Waals surface area contributed by atoms with Crippen molar-refractivity contribution in [2.45, 2.75) is 32.8 Å². The fraction of sp³-hybridized carbons (Fsp3) is 0.429. The monoisotopic (exact) mass is 329 g/mol. The third-order valence-corrected chi connectivity index (χ3v) is 3.65. The highest BCUT2D eigenvalue weighted by Gasteiger charge is 2.22. The Morgan fingerprint density at radius 1 is 1.29 bits per heavy atom. The van der Waals surface area contributed by atoms with Gasteiger partial charge in [-0.05, 0) is 25.5 Å². The maximum atomic E-state index is 6.15. The molecule has 1 heterocycles. The summed E-state index contributed by atoms with van der Waals surface area (Å²) in [5, 5.41) is 4.78. The highest BCUT2D eigenvalue weighted by Crippen LogP contribution is 2.37. The van der Waals surface area contributed by atoms with E-state index >= 15 is 0 Å². The van der Waals surface area contributed by atoms with E-state index in [2.05, 4.69) is 17.1 Å². The number of hydrogen-bond donors (Lipinski definition) is 1. The number of nitrogens with zero attached hydrogens (tertiary/aromatic N) is 2. The van der Waals surface area contributed by atoms with Crippen molar-refractivity contribution in [1.82, 2.24) is 10.1 Å². The number of hydrogen-bond acceptors (Lipinski definition) is 5. The van der Waals surface area contributed by atoms with Crippen molar-refractivity contribution in [2.75, 3.05) is 12.3 Å². The maximum Gasteiger partial charge on any atom is 0.261 e. The highest BCUT2D eigenvalue weighted by atomic mass is 35.5.